The predicted octanol–water partition coefficient (Wildman–Crippen LogP) is 2.77. The first-order chi connectivity index (χ1) is 41.4. The molecule has 89 heavy (non-hydrogen) atoms. The Balaban J connectivity index is 1.18. The number of aliphatic imine (C=N–C) groups is 3. The smallest absolute Gasteiger partial charge is 0.394 e. The summed E-state index contributed by atoms with van der Waals surface area (Å²) >= 11 is 0. The van der Waals surface area contributed by atoms with Crippen molar-refractivity contribution in [3.63, 3.8) is 0 Å². The van der Waals surface area contributed by atoms with E-state index < -0.39 is 144 Å². The molecule has 8 rings (SSSR count). The van der Waals surface area contributed by atoms with Gasteiger partial charge in [0.1, 0.15) is 18.3 Å². The van der Waals surface area contributed by atoms with E-state index in [9.17, 15) is 53.2 Å². The number of carbonyl (C=O) groups is 7. The van der Waals surface area contributed by atoms with Crippen LogP contribution in [0.1, 0.15) is 143 Å². The highest BCUT2D eigenvalue weighted by Gasteiger charge is 2.66. The van der Waals surface area contributed by atoms with Crippen LogP contribution in [-0.2, 0) is 51.9 Å². The number of imidazole rings is 1. The van der Waals surface area contributed by atoms with Crippen LogP contribution in [0.15, 0.2) is 67.8 Å². The maximum absolute atomic E-state index is 14.2. The average Bonchev–Trinajstić information content (AvgIpc) is 1.54. The number of nitrogens with one attached hydrogen (secondary N) is 2. The number of ether oxygens (including phenoxy) is 1. The van der Waals surface area contributed by atoms with Crippen molar-refractivity contribution in [3.05, 3.63) is 63.9 Å². The second-order valence-corrected chi connectivity index (χ2v) is 28.0. The average molecular weight is 1260 g/mol. The molecule has 6 aliphatic rings. The molecule has 2 saturated heterocycles. The minimum absolute atomic E-state index is 0.00583. The number of rotatable bonds is 26. The van der Waals surface area contributed by atoms with Gasteiger partial charge in [-0.1, -0.05) is 34.6 Å². The van der Waals surface area contributed by atoms with Gasteiger partial charge < -0.3 is 69.4 Å². The van der Waals surface area contributed by atoms with E-state index in [-0.39, 0.29) is 77.2 Å². The summed E-state index contributed by atoms with van der Waals surface area (Å²) in [5, 5.41) is 28.0. The van der Waals surface area contributed by atoms with Gasteiger partial charge in [0.15, 0.2) is 6.23 Å². The summed E-state index contributed by atoms with van der Waals surface area (Å²) in [4.78, 5) is 125. The lowest BCUT2D eigenvalue weighted by Gasteiger charge is -2.48. The summed E-state index contributed by atoms with van der Waals surface area (Å²) in [5.74, 6) is -7.16. The minimum Gasteiger partial charge on any atom is -0.394 e. The van der Waals surface area contributed by atoms with Crippen LogP contribution < -0.4 is 45.0 Å². The largest absolute Gasteiger partial charge is 0.472 e. The molecule has 27 nitrogen and oxygen atoms in total. The number of phosphoric acid groups is 1. The normalized spacial score (nSPS) is 34.1. The van der Waals surface area contributed by atoms with Crippen LogP contribution in [0.2, 0.25) is 0 Å². The molecular formula is C61H88N13O14P. The lowest BCUT2D eigenvalue weighted by Crippen LogP contribution is -2.56. The van der Waals surface area contributed by atoms with Crippen LogP contribution in [0.3, 0.4) is 0 Å². The SMILES string of the molecule is C/C1=C2N=C(/C=C3\N/C(=C(/C)C4=N[C@@](C)([C@@H]5N=C1[C@](C)(CCC(=O)NCCOP(=O)(O)O[C@H]1[C@@H](O)[C@@H](n6cnc7cc(C)c(C)cc76)O[C@@H]1CO)[C@H]5CC(N)=O)[C@@](C)(CC(N)=O)[C@@H]4CCC(N)=O)[C@@](C)(CC(N)=O)[C@@H]3CCC(N)=O)C(C)(C)[C@@H]/2CCC(N)=O. The van der Waals surface area contributed by atoms with Crippen molar-refractivity contribution in [2.45, 2.75) is 176 Å². The summed E-state index contributed by atoms with van der Waals surface area (Å²) < 4.78 is 31.7. The molecule has 7 heterocycles. The van der Waals surface area contributed by atoms with Crippen LogP contribution in [0.25, 0.3) is 11.0 Å². The molecule has 1 aromatic carbocycles. The Bertz CT molecular complexity index is 3500. The Kier molecular flexibility index (Phi) is 19.3. The number of allylic oxidation sites excluding steroid dienone is 6. The number of nitrogens with zero attached hydrogens (tertiary/aromatic N) is 5. The number of aryl methyl sites for hydroxylation is 2. The number of amides is 7. The molecule has 7 amide bonds. The zero-order chi connectivity index (χ0) is 65.8. The summed E-state index contributed by atoms with van der Waals surface area (Å²) in [5.41, 5.74) is 37.3. The van der Waals surface area contributed by atoms with E-state index in [2.05, 4.69) is 15.6 Å². The van der Waals surface area contributed by atoms with Crippen molar-refractivity contribution < 1.29 is 67.0 Å². The van der Waals surface area contributed by atoms with Gasteiger partial charge in [0.2, 0.25) is 41.4 Å². The van der Waals surface area contributed by atoms with Gasteiger partial charge >= 0.3 is 7.82 Å². The third-order valence-electron chi connectivity index (χ3n) is 20.4. The van der Waals surface area contributed by atoms with Crippen LogP contribution in [0, 0.1) is 59.2 Å². The van der Waals surface area contributed by atoms with Crippen molar-refractivity contribution in [1.29, 1.82) is 0 Å². The Labute approximate surface area is 517 Å². The van der Waals surface area contributed by atoms with Gasteiger partial charge in [-0.2, -0.15) is 0 Å². The number of hydrogen-bond donors (Lipinski definition) is 11. The van der Waals surface area contributed by atoms with Gasteiger partial charge in [-0.05, 0) is 101 Å². The Morgan fingerprint density at radius 1 is 0.787 bits per heavy atom. The second-order valence-electron chi connectivity index (χ2n) is 26.5. The van der Waals surface area contributed by atoms with Crippen LogP contribution in [-0.4, -0.2) is 133 Å². The third kappa shape index (κ3) is 12.9. The van der Waals surface area contributed by atoms with Gasteiger partial charge in [0, 0.05) is 131 Å². The predicted molar refractivity (Wildman–Crippen MR) is 329 cm³/mol. The van der Waals surface area contributed by atoms with E-state index in [1.165, 1.54) is 6.33 Å². The molecule has 6 aliphatic heterocycles. The van der Waals surface area contributed by atoms with Crippen molar-refractivity contribution in [3.8, 4) is 0 Å². The quantitative estimate of drug-likeness (QED) is 0.0476. The fourth-order valence-corrected chi connectivity index (χ4v) is 16.2. The number of aliphatic hydroxyl groups is 2. The van der Waals surface area contributed by atoms with Crippen molar-refractivity contribution in [2.24, 2.45) is 94.7 Å². The number of aliphatic hydroxyl groups excluding tert-OH is 2. The van der Waals surface area contributed by atoms with Gasteiger partial charge in [0.25, 0.3) is 0 Å². The summed E-state index contributed by atoms with van der Waals surface area (Å²) in [6, 6.07) is 2.70. The number of carbonyl (C=O) groups excluding carboxylic acids is 7. The Morgan fingerprint density at radius 3 is 1.99 bits per heavy atom. The van der Waals surface area contributed by atoms with Crippen LogP contribution >= 0.6 is 7.82 Å². The fourth-order valence-electron chi connectivity index (χ4n) is 15.3. The van der Waals surface area contributed by atoms with Gasteiger partial charge in [0.05, 0.1) is 42.2 Å². The fraction of sp³-hybridized carbons (Fsp3) is 0.623. The number of aromatic nitrogens is 2. The molecule has 0 aliphatic carbocycles. The molecule has 14 atom stereocenters. The zero-order valence-electron chi connectivity index (χ0n) is 52.4. The molecule has 8 bridgehead atoms. The molecule has 28 heteroatoms. The first-order valence-electron chi connectivity index (χ1n) is 30.1. The standard InChI is InChI=1S/C61H88N13O14P/c1-29-21-38-39(22-30(29)2)74(28-69-38)56-51(83)52(40(27-75)87-56)88-89(84,85)86-20-19-68-48(82)17-18-58(7)36(23-45(65)79)55-61(10)60(9,26-47(67)81)35(13-16-44(64)78)50(73-61)32(4)54-59(8,25-46(66)80)33(11-14-42(62)76)37(70-54)24-41-57(5,6)34(12-15-43(63)77)49(71-41)31(3)53(58)72-55/h21-22,24,28,33-36,40,51-52,55-56,70,75,83H,11-20,23,25-27H2,1-10H3,(H2,62,76)(H2,63,77)(H2,64,78)(H2,65,79)(H2,66,80)(H2,67,81)(H,68,82)(H,84,85)/b37-24-,49-31-,54-32-/t33-,34-,35-,36+,40-,51-,52-,55-,56+,58-,59+,60+,61+/m1/s1. The zero-order valence-corrected chi connectivity index (χ0v) is 53.3. The topological polar surface area (TPSA) is 460 Å². The van der Waals surface area contributed by atoms with E-state index >= 15 is 0 Å². The molecule has 17 N–H and O–H groups in total. The van der Waals surface area contributed by atoms with E-state index in [1.807, 2.05) is 87.4 Å². The number of hydrogen-bond acceptors (Lipinski definition) is 18. The van der Waals surface area contributed by atoms with Gasteiger partial charge in [-0.25, -0.2) is 9.55 Å². The highest BCUT2D eigenvalue weighted by molar-refractivity contribution is 7.47. The Morgan fingerprint density at radius 2 is 1.39 bits per heavy atom. The number of fused-ring (bicyclic) bond motifs is 7. The van der Waals surface area contributed by atoms with Crippen molar-refractivity contribution in [2.75, 3.05) is 19.8 Å². The maximum atomic E-state index is 14.2. The van der Waals surface area contributed by atoms with Crippen LogP contribution in [0.5, 0.6) is 0 Å². The molecule has 0 saturated carbocycles. The molecule has 2 aromatic rings. The van der Waals surface area contributed by atoms with Gasteiger partial charge in [-0.3, -0.25) is 57.6 Å². The van der Waals surface area contributed by atoms with E-state index in [4.69, 9.17) is 63.2 Å². The number of benzene rings is 1. The summed E-state index contributed by atoms with van der Waals surface area (Å²) in [6.07, 6.45) is -3.02. The molecule has 0 spiro atoms. The van der Waals surface area contributed by atoms with E-state index in [1.54, 1.807) is 4.57 Å². The molecule has 2 fully saturated rings. The first-order valence-corrected chi connectivity index (χ1v) is 31.6. The highest BCUT2D eigenvalue weighted by Crippen LogP contribution is 2.62. The van der Waals surface area contributed by atoms with Gasteiger partial charge in [-0.15, -0.1) is 0 Å². The first kappa shape index (κ1) is 67.9. The lowest BCUT2D eigenvalue weighted by atomic mass is 9.55. The minimum atomic E-state index is -5.01. The summed E-state index contributed by atoms with van der Waals surface area (Å²) in [6.45, 7) is 17.3. The molecule has 1 aromatic heterocycles. The second kappa shape index (κ2) is 25.4. The monoisotopic (exact) mass is 1260 g/mol. The number of primary amides is 6. The number of nitrogens with two attached hydrogens (primary N) is 6. The molecule has 1 unspecified atom stereocenters. The summed E-state index contributed by atoms with van der Waals surface area (Å²) in [7, 11) is -5.01. The number of phosphoric ester groups is 1. The van der Waals surface area contributed by atoms with Crippen LogP contribution in [0.4, 0.5) is 0 Å². The van der Waals surface area contributed by atoms with Crippen molar-refractivity contribution in [1.82, 2.24) is 20.2 Å². The molecule has 0 radical (unpaired) electrons. The Hall–Kier alpha value is -7.00. The molecular weight excluding hydrogens is 1170 g/mol. The van der Waals surface area contributed by atoms with Crippen molar-refractivity contribution >= 4 is 77.3 Å². The lowest BCUT2D eigenvalue weighted by molar-refractivity contribution is -0.124. The third-order valence-corrected chi connectivity index (χ3v) is 21.4. The van der Waals surface area contributed by atoms with E-state index in [0.29, 0.717) is 56.4 Å². The highest BCUT2D eigenvalue weighted by atomic mass is 31.2. The molecule has 486 valence electrons. The van der Waals surface area contributed by atoms with E-state index in [0.717, 1.165) is 11.1 Å². The maximum Gasteiger partial charge on any atom is 0.472 e.